The summed E-state index contributed by atoms with van der Waals surface area (Å²) in [5, 5.41) is 0.752. The zero-order valence-electron chi connectivity index (χ0n) is 11.7. The number of carbonyl (C=O) groups is 1. The average Bonchev–Trinajstić information content (AvgIpc) is 2.49. The van der Waals surface area contributed by atoms with Gasteiger partial charge in [-0.15, -0.1) is 0 Å². The average molecular weight is 363 g/mol. The number of carbonyl (C=O) groups excluding carboxylic acids is 1. The summed E-state index contributed by atoms with van der Waals surface area (Å²) in [5.74, 6) is -0.140. The first-order valence-electron chi connectivity index (χ1n) is 6.51. The molecule has 0 aliphatic rings. The molecule has 2 rings (SSSR count). The van der Waals surface area contributed by atoms with Crippen LogP contribution >= 0.6 is 23.2 Å². The Kier molecular flexibility index (Phi) is 5.55. The molecule has 0 spiro atoms. The molecule has 0 fully saturated rings. The predicted molar refractivity (Wildman–Crippen MR) is 82.5 cm³/mol. The van der Waals surface area contributed by atoms with Crippen LogP contribution in [-0.4, -0.2) is 18.6 Å². The lowest BCUT2D eigenvalue weighted by molar-refractivity contribution is -0.153. The van der Waals surface area contributed by atoms with E-state index in [0.717, 1.165) is 0 Å². The summed E-state index contributed by atoms with van der Waals surface area (Å²) in [7, 11) is 0. The van der Waals surface area contributed by atoms with E-state index in [4.69, 9.17) is 23.2 Å². The number of Topliss-reactive ketones (excluding diaryl/α,β-unsaturated/α-hetero) is 1. The van der Waals surface area contributed by atoms with Crippen LogP contribution in [0.25, 0.3) is 0 Å². The van der Waals surface area contributed by atoms with E-state index >= 15 is 0 Å². The quantitative estimate of drug-likeness (QED) is 0.669. The van der Waals surface area contributed by atoms with Crippen molar-refractivity contribution in [2.75, 3.05) is 6.61 Å². The molecule has 2 aromatic rings. The molecule has 122 valence electrons. The smallest absolute Gasteiger partial charge is 0.422 e. The zero-order chi connectivity index (χ0) is 17.0. The molecule has 0 aromatic heterocycles. The van der Waals surface area contributed by atoms with Crippen molar-refractivity contribution >= 4 is 29.0 Å². The monoisotopic (exact) mass is 362 g/mol. The van der Waals surface area contributed by atoms with E-state index in [1.165, 1.54) is 24.3 Å². The van der Waals surface area contributed by atoms with Crippen LogP contribution in [0.1, 0.15) is 15.9 Å². The molecule has 0 saturated carbocycles. The summed E-state index contributed by atoms with van der Waals surface area (Å²) in [4.78, 5) is 12.1. The van der Waals surface area contributed by atoms with Gasteiger partial charge in [0.15, 0.2) is 12.4 Å². The molecule has 0 amide bonds. The fraction of sp³-hybridized carbons (Fsp3) is 0.188. The van der Waals surface area contributed by atoms with E-state index in [-0.39, 0.29) is 18.0 Å². The molecule has 7 heteroatoms. The first-order valence-corrected chi connectivity index (χ1v) is 7.27. The van der Waals surface area contributed by atoms with Gasteiger partial charge in [-0.25, -0.2) is 0 Å². The lowest BCUT2D eigenvalue weighted by atomic mass is 10.0. The molecular formula is C16H11Cl2F3O2. The summed E-state index contributed by atoms with van der Waals surface area (Å²) in [5.41, 5.74) is 1.07. The van der Waals surface area contributed by atoms with Gasteiger partial charge in [-0.3, -0.25) is 4.79 Å². The van der Waals surface area contributed by atoms with E-state index < -0.39 is 12.8 Å². The molecule has 2 aromatic carbocycles. The van der Waals surface area contributed by atoms with Crippen molar-refractivity contribution in [1.82, 2.24) is 0 Å². The molecule has 0 unspecified atom stereocenters. The molecule has 0 radical (unpaired) electrons. The van der Waals surface area contributed by atoms with E-state index in [1.807, 2.05) is 0 Å². The maximum absolute atomic E-state index is 12.1. The number of ketones is 1. The van der Waals surface area contributed by atoms with Crippen LogP contribution in [0, 0.1) is 0 Å². The summed E-state index contributed by atoms with van der Waals surface area (Å²) in [6.45, 7) is -1.37. The molecule has 0 aliphatic heterocycles. The Morgan fingerprint density at radius 1 is 1.00 bits per heavy atom. The molecular weight excluding hydrogens is 352 g/mol. The van der Waals surface area contributed by atoms with E-state index in [9.17, 15) is 18.0 Å². The SMILES string of the molecule is O=C(Cc1ccc(Cl)c(Cl)c1)c1ccc(OCC(F)(F)F)cc1. The summed E-state index contributed by atoms with van der Waals surface area (Å²) >= 11 is 11.7. The van der Waals surface area contributed by atoms with E-state index in [0.29, 0.717) is 21.2 Å². The van der Waals surface area contributed by atoms with Gasteiger partial charge in [0.05, 0.1) is 10.0 Å². The Labute approximate surface area is 140 Å². The second-order valence-electron chi connectivity index (χ2n) is 4.78. The normalized spacial score (nSPS) is 11.3. The molecule has 0 N–H and O–H groups in total. The molecule has 0 saturated heterocycles. The van der Waals surface area contributed by atoms with Gasteiger partial charge in [0.2, 0.25) is 0 Å². The third-order valence-electron chi connectivity index (χ3n) is 2.93. The fourth-order valence-corrected chi connectivity index (χ4v) is 2.16. The van der Waals surface area contributed by atoms with E-state index in [2.05, 4.69) is 4.74 Å². The minimum atomic E-state index is -4.40. The summed E-state index contributed by atoms with van der Waals surface area (Å²) in [6, 6.07) is 10.4. The number of hydrogen-bond acceptors (Lipinski definition) is 2. The number of ether oxygens (including phenoxy) is 1. The Bertz CT molecular complexity index is 697. The third kappa shape index (κ3) is 5.44. The molecule has 2 nitrogen and oxygen atoms in total. The van der Waals surface area contributed by atoms with Crippen molar-refractivity contribution in [3.05, 3.63) is 63.6 Å². The number of rotatable bonds is 5. The van der Waals surface area contributed by atoms with Gasteiger partial charge in [0, 0.05) is 12.0 Å². The van der Waals surface area contributed by atoms with Gasteiger partial charge in [0.1, 0.15) is 5.75 Å². The van der Waals surface area contributed by atoms with Crippen molar-refractivity contribution < 1.29 is 22.7 Å². The minimum absolute atomic E-state index is 0.0495. The van der Waals surface area contributed by atoms with Gasteiger partial charge in [-0.05, 0) is 42.0 Å². The van der Waals surface area contributed by atoms with Crippen LogP contribution in [0.5, 0.6) is 5.75 Å². The zero-order valence-corrected chi connectivity index (χ0v) is 13.2. The van der Waals surface area contributed by atoms with Crippen LogP contribution < -0.4 is 4.74 Å². The van der Waals surface area contributed by atoms with Gasteiger partial charge in [0.25, 0.3) is 0 Å². The topological polar surface area (TPSA) is 26.3 Å². The molecule has 0 atom stereocenters. The van der Waals surface area contributed by atoms with Crippen LogP contribution in [0.15, 0.2) is 42.5 Å². The number of alkyl halides is 3. The van der Waals surface area contributed by atoms with Crippen molar-refractivity contribution in [2.24, 2.45) is 0 Å². The lowest BCUT2D eigenvalue weighted by Gasteiger charge is -2.09. The fourth-order valence-electron chi connectivity index (χ4n) is 1.84. The summed E-state index contributed by atoms with van der Waals surface area (Å²) in [6.07, 6.45) is -4.29. The minimum Gasteiger partial charge on any atom is -0.484 e. The van der Waals surface area contributed by atoms with Crippen molar-refractivity contribution in [2.45, 2.75) is 12.6 Å². The van der Waals surface area contributed by atoms with Crippen LogP contribution in [0.2, 0.25) is 10.0 Å². The number of hydrogen-bond donors (Lipinski definition) is 0. The van der Waals surface area contributed by atoms with Crippen LogP contribution in [0.4, 0.5) is 13.2 Å². The Morgan fingerprint density at radius 3 is 2.22 bits per heavy atom. The second-order valence-corrected chi connectivity index (χ2v) is 5.59. The lowest BCUT2D eigenvalue weighted by Crippen LogP contribution is -2.19. The molecule has 0 aliphatic carbocycles. The van der Waals surface area contributed by atoms with Crippen LogP contribution in [-0.2, 0) is 6.42 Å². The first-order chi connectivity index (χ1) is 10.7. The molecule has 23 heavy (non-hydrogen) atoms. The summed E-state index contributed by atoms with van der Waals surface area (Å²) < 4.78 is 40.7. The van der Waals surface area contributed by atoms with Gasteiger partial charge < -0.3 is 4.74 Å². The first kappa shape index (κ1) is 17.6. The highest BCUT2D eigenvalue weighted by atomic mass is 35.5. The van der Waals surface area contributed by atoms with Crippen molar-refractivity contribution in [3.8, 4) is 5.75 Å². The maximum Gasteiger partial charge on any atom is 0.422 e. The second kappa shape index (κ2) is 7.23. The number of halogens is 5. The predicted octanol–water partition coefficient (Wildman–Crippen LogP) is 5.36. The Balaban J connectivity index is 2.01. The highest BCUT2D eigenvalue weighted by Gasteiger charge is 2.28. The van der Waals surface area contributed by atoms with E-state index in [1.54, 1.807) is 18.2 Å². The van der Waals surface area contributed by atoms with Gasteiger partial charge >= 0.3 is 6.18 Å². The van der Waals surface area contributed by atoms with Gasteiger partial charge in [-0.2, -0.15) is 13.2 Å². The highest BCUT2D eigenvalue weighted by molar-refractivity contribution is 6.42. The largest absolute Gasteiger partial charge is 0.484 e. The van der Waals surface area contributed by atoms with Crippen LogP contribution in [0.3, 0.4) is 0 Å². The number of benzene rings is 2. The Morgan fingerprint density at radius 2 is 1.65 bits per heavy atom. The Hall–Kier alpha value is -1.72. The van der Waals surface area contributed by atoms with Gasteiger partial charge in [-0.1, -0.05) is 29.3 Å². The van der Waals surface area contributed by atoms with Crippen molar-refractivity contribution in [3.63, 3.8) is 0 Å². The third-order valence-corrected chi connectivity index (χ3v) is 3.67. The molecule has 0 bridgehead atoms. The highest BCUT2D eigenvalue weighted by Crippen LogP contribution is 2.24. The van der Waals surface area contributed by atoms with Crippen molar-refractivity contribution in [1.29, 1.82) is 0 Å². The maximum atomic E-state index is 12.1. The standard InChI is InChI=1S/C16H11Cl2F3O2/c17-13-6-1-10(7-14(13)18)8-15(22)11-2-4-12(5-3-11)23-9-16(19,20)21/h1-7H,8-9H2. The molecule has 0 heterocycles.